The minimum atomic E-state index is -0.228. The maximum atomic E-state index is 12.5. The summed E-state index contributed by atoms with van der Waals surface area (Å²) >= 11 is 0. The maximum Gasteiger partial charge on any atom is 0.162 e. The predicted molar refractivity (Wildman–Crippen MR) is 90.4 cm³/mol. The van der Waals surface area contributed by atoms with Gasteiger partial charge in [-0.1, -0.05) is 37.6 Å². The Morgan fingerprint density at radius 2 is 2.09 bits per heavy atom. The van der Waals surface area contributed by atoms with Gasteiger partial charge in [-0.15, -0.1) is 0 Å². The predicted octanol–water partition coefficient (Wildman–Crippen LogP) is 3.37. The SMILES string of the molecule is CO[C@H]1C(=O)C[C@H]2[C@@H]3CCC4C=C(N)C=C[C@]4(C)C3=CC[C@]12C. The van der Waals surface area contributed by atoms with E-state index in [-0.39, 0.29) is 16.9 Å². The van der Waals surface area contributed by atoms with Crippen LogP contribution in [0.25, 0.3) is 0 Å². The quantitative estimate of drug-likeness (QED) is 0.755. The number of nitrogens with two attached hydrogens (primary N) is 1. The van der Waals surface area contributed by atoms with Crippen LogP contribution in [0.4, 0.5) is 0 Å². The molecule has 0 heterocycles. The number of allylic oxidation sites excluding steroid dienone is 5. The molecule has 124 valence electrons. The molecule has 0 spiro atoms. The van der Waals surface area contributed by atoms with Gasteiger partial charge in [-0.05, 0) is 43.1 Å². The molecule has 2 saturated carbocycles. The third-order valence-corrected chi connectivity index (χ3v) is 7.24. The molecule has 3 nitrogen and oxygen atoms in total. The number of ketones is 1. The number of methoxy groups -OCH3 is 1. The van der Waals surface area contributed by atoms with Crippen LogP contribution in [0.3, 0.4) is 0 Å². The van der Waals surface area contributed by atoms with E-state index >= 15 is 0 Å². The molecule has 23 heavy (non-hydrogen) atoms. The van der Waals surface area contributed by atoms with Gasteiger partial charge in [0.1, 0.15) is 6.10 Å². The van der Waals surface area contributed by atoms with Crippen LogP contribution in [-0.4, -0.2) is 19.0 Å². The zero-order valence-electron chi connectivity index (χ0n) is 14.3. The molecule has 0 aromatic heterocycles. The van der Waals surface area contributed by atoms with Gasteiger partial charge in [-0.25, -0.2) is 0 Å². The Labute approximate surface area is 138 Å². The molecule has 0 amide bonds. The molecule has 2 N–H and O–H groups in total. The zero-order chi connectivity index (χ0) is 16.4. The third kappa shape index (κ3) is 1.89. The summed E-state index contributed by atoms with van der Waals surface area (Å²) in [6, 6.07) is 0. The lowest BCUT2D eigenvalue weighted by molar-refractivity contribution is -0.129. The lowest BCUT2D eigenvalue weighted by atomic mass is 9.51. The van der Waals surface area contributed by atoms with Crippen molar-refractivity contribution >= 4 is 5.78 Å². The molecular formula is C20H27NO2. The molecule has 4 aliphatic carbocycles. The summed E-state index contributed by atoms with van der Waals surface area (Å²) in [4.78, 5) is 12.5. The van der Waals surface area contributed by atoms with Crippen LogP contribution < -0.4 is 5.73 Å². The first-order valence-corrected chi connectivity index (χ1v) is 8.82. The fourth-order valence-electron chi connectivity index (χ4n) is 5.96. The van der Waals surface area contributed by atoms with Crippen LogP contribution in [0.1, 0.15) is 39.5 Å². The smallest absolute Gasteiger partial charge is 0.162 e. The Bertz CT molecular complexity index is 646. The second kappa shape index (κ2) is 4.83. The summed E-state index contributed by atoms with van der Waals surface area (Å²) in [5, 5.41) is 0. The Hall–Kier alpha value is -1.35. The zero-order valence-corrected chi connectivity index (χ0v) is 14.3. The van der Waals surface area contributed by atoms with E-state index in [0.717, 1.165) is 25.0 Å². The Balaban J connectivity index is 1.75. The molecule has 0 radical (unpaired) electrons. The Morgan fingerprint density at radius 1 is 1.30 bits per heavy atom. The number of ether oxygens (including phenoxy) is 1. The number of carbonyl (C=O) groups excluding carboxylic acids is 1. The molecule has 2 fully saturated rings. The van der Waals surface area contributed by atoms with Gasteiger partial charge in [-0.2, -0.15) is 0 Å². The number of fused-ring (bicyclic) bond motifs is 5. The van der Waals surface area contributed by atoms with Gasteiger partial charge in [-0.3, -0.25) is 4.79 Å². The average molecular weight is 313 g/mol. The summed E-state index contributed by atoms with van der Waals surface area (Å²) < 4.78 is 5.60. The molecule has 1 unspecified atom stereocenters. The lowest BCUT2D eigenvalue weighted by Crippen LogP contribution is -2.47. The highest BCUT2D eigenvalue weighted by atomic mass is 16.5. The average Bonchev–Trinajstić information content (AvgIpc) is 2.77. The highest BCUT2D eigenvalue weighted by Crippen LogP contribution is 2.62. The number of hydrogen-bond acceptors (Lipinski definition) is 3. The Morgan fingerprint density at radius 3 is 2.83 bits per heavy atom. The van der Waals surface area contributed by atoms with Crippen molar-refractivity contribution in [3.8, 4) is 0 Å². The number of Topliss-reactive ketones (excluding diaryl/α,β-unsaturated/α-hetero) is 1. The normalized spacial score (nSPS) is 48.2. The van der Waals surface area contributed by atoms with E-state index in [9.17, 15) is 4.79 Å². The highest BCUT2D eigenvalue weighted by molar-refractivity contribution is 5.87. The second-order valence-electron chi connectivity index (χ2n) is 8.34. The van der Waals surface area contributed by atoms with Crippen LogP contribution >= 0.6 is 0 Å². The van der Waals surface area contributed by atoms with E-state index in [1.165, 1.54) is 0 Å². The van der Waals surface area contributed by atoms with Crippen LogP contribution in [-0.2, 0) is 9.53 Å². The van der Waals surface area contributed by atoms with Gasteiger partial charge in [0.25, 0.3) is 0 Å². The van der Waals surface area contributed by atoms with Crippen LogP contribution in [0.5, 0.6) is 0 Å². The van der Waals surface area contributed by atoms with Crippen molar-refractivity contribution in [2.45, 2.75) is 45.6 Å². The first kappa shape index (κ1) is 15.2. The molecule has 6 atom stereocenters. The van der Waals surface area contributed by atoms with E-state index in [1.54, 1.807) is 12.7 Å². The van der Waals surface area contributed by atoms with Crippen molar-refractivity contribution in [3.63, 3.8) is 0 Å². The molecular weight excluding hydrogens is 286 g/mol. The lowest BCUT2D eigenvalue weighted by Gasteiger charge is -2.53. The van der Waals surface area contributed by atoms with Gasteiger partial charge in [0.15, 0.2) is 5.78 Å². The third-order valence-electron chi connectivity index (χ3n) is 7.24. The van der Waals surface area contributed by atoms with Crippen molar-refractivity contribution in [2.75, 3.05) is 7.11 Å². The fraction of sp³-hybridized carbons (Fsp3) is 0.650. The van der Waals surface area contributed by atoms with Gasteiger partial charge in [0.05, 0.1) is 0 Å². The standard InChI is InChI=1S/C20H27NO2/c1-19-8-6-13(21)10-12(19)4-5-14-15(19)7-9-20(2)16(14)11-17(22)18(20)23-3/h6-8,10,12,14,16,18H,4-5,9,11,21H2,1-3H3/t12?,14-,16+,18+,19+,20+/m1/s1. The van der Waals surface area contributed by atoms with Crippen LogP contribution in [0.15, 0.2) is 35.6 Å². The number of rotatable bonds is 1. The number of hydrogen-bond donors (Lipinski definition) is 1. The van der Waals surface area contributed by atoms with Gasteiger partial charge in [0.2, 0.25) is 0 Å². The van der Waals surface area contributed by atoms with Gasteiger partial charge >= 0.3 is 0 Å². The van der Waals surface area contributed by atoms with E-state index in [1.807, 2.05) is 0 Å². The van der Waals surface area contributed by atoms with Crippen LogP contribution in [0.2, 0.25) is 0 Å². The molecule has 0 aromatic carbocycles. The van der Waals surface area contributed by atoms with Crippen molar-refractivity contribution in [2.24, 2.45) is 34.3 Å². The van der Waals surface area contributed by atoms with Crippen molar-refractivity contribution in [1.29, 1.82) is 0 Å². The summed E-state index contributed by atoms with van der Waals surface area (Å²) in [5.74, 6) is 1.73. The summed E-state index contributed by atoms with van der Waals surface area (Å²) in [6.45, 7) is 4.61. The van der Waals surface area contributed by atoms with Crippen molar-refractivity contribution in [3.05, 3.63) is 35.6 Å². The first-order chi connectivity index (χ1) is 10.9. The summed E-state index contributed by atoms with van der Waals surface area (Å²) in [7, 11) is 1.69. The monoisotopic (exact) mass is 313 g/mol. The number of carbonyl (C=O) groups is 1. The highest BCUT2D eigenvalue weighted by Gasteiger charge is 2.59. The van der Waals surface area contributed by atoms with E-state index < -0.39 is 0 Å². The van der Waals surface area contributed by atoms with Gasteiger partial charge in [0, 0.05) is 30.1 Å². The first-order valence-electron chi connectivity index (χ1n) is 8.82. The maximum absolute atomic E-state index is 12.5. The van der Waals surface area contributed by atoms with Crippen LogP contribution in [0, 0.1) is 28.6 Å². The minimum Gasteiger partial charge on any atom is -0.399 e. The molecule has 4 rings (SSSR count). The summed E-state index contributed by atoms with van der Waals surface area (Å²) in [5.41, 5.74) is 8.50. The topological polar surface area (TPSA) is 52.3 Å². The summed E-state index contributed by atoms with van der Waals surface area (Å²) in [6.07, 6.45) is 12.7. The Kier molecular flexibility index (Phi) is 3.19. The minimum absolute atomic E-state index is 0.0313. The molecule has 3 heteroatoms. The second-order valence-corrected chi connectivity index (χ2v) is 8.34. The van der Waals surface area contributed by atoms with Gasteiger partial charge < -0.3 is 10.5 Å². The molecule has 0 bridgehead atoms. The molecule has 0 saturated heterocycles. The molecule has 0 aromatic rings. The van der Waals surface area contributed by atoms with E-state index in [4.69, 9.17) is 10.5 Å². The fourth-order valence-corrected chi connectivity index (χ4v) is 5.96. The van der Waals surface area contributed by atoms with Crippen molar-refractivity contribution in [1.82, 2.24) is 0 Å². The van der Waals surface area contributed by atoms with Crippen molar-refractivity contribution < 1.29 is 9.53 Å². The van der Waals surface area contributed by atoms with E-state index in [0.29, 0.717) is 30.0 Å². The molecule has 4 aliphatic rings. The van der Waals surface area contributed by atoms with E-state index in [2.05, 4.69) is 38.2 Å². The largest absolute Gasteiger partial charge is 0.399 e. The molecule has 0 aliphatic heterocycles.